The van der Waals surface area contributed by atoms with E-state index in [1.807, 2.05) is 6.92 Å². The van der Waals surface area contributed by atoms with Gasteiger partial charge in [0.15, 0.2) is 0 Å². The number of thioether (sulfide) groups is 1. The highest BCUT2D eigenvalue weighted by molar-refractivity contribution is 8.04. The number of hydrogen-bond donors (Lipinski definition) is 0. The molecule has 1 amide bonds. The highest BCUT2D eigenvalue weighted by atomic mass is 32.2. The van der Waals surface area contributed by atoms with Gasteiger partial charge >= 0.3 is 5.97 Å². The normalized spacial score (nSPS) is 26.3. The number of rotatable bonds is 4. The molecule has 0 saturated carbocycles. The highest BCUT2D eigenvalue weighted by Gasteiger charge is 2.40. The van der Waals surface area contributed by atoms with Crippen molar-refractivity contribution in [1.29, 1.82) is 0 Å². The number of carbonyl (C=O) groups excluding carboxylic acids is 2. The maximum absolute atomic E-state index is 12.5. The molecule has 1 atom stereocenters. The lowest BCUT2D eigenvalue weighted by molar-refractivity contribution is -0.137. The molecule has 0 aromatic rings. The Morgan fingerprint density at radius 1 is 1.35 bits per heavy atom. The zero-order valence-electron chi connectivity index (χ0n) is 12.1. The van der Waals surface area contributed by atoms with Crippen LogP contribution in [-0.2, 0) is 14.3 Å². The Hall–Kier alpha value is -1.01. The molecule has 0 unspecified atom stereocenters. The van der Waals surface area contributed by atoms with Gasteiger partial charge in [0.25, 0.3) is 5.91 Å². The number of likely N-dealkylation sites (tertiary alicyclic amines) is 1. The van der Waals surface area contributed by atoms with Crippen molar-refractivity contribution in [1.82, 2.24) is 9.80 Å². The van der Waals surface area contributed by atoms with Gasteiger partial charge in [0, 0.05) is 6.54 Å². The Bertz CT molecular complexity index is 405. The lowest BCUT2D eigenvalue weighted by Crippen LogP contribution is -2.43. The molecule has 2 heterocycles. The molecule has 5 nitrogen and oxygen atoms in total. The van der Waals surface area contributed by atoms with Crippen molar-refractivity contribution >= 4 is 23.6 Å². The van der Waals surface area contributed by atoms with E-state index in [9.17, 15) is 9.59 Å². The fraction of sp³-hybridized carbons (Fsp3) is 0.714. The van der Waals surface area contributed by atoms with Gasteiger partial charge in [-0.3, -0.25) is 9.69 Å². The van der Waals surface area contributed by atoms with Gasteiger partial charge < -0.3 is 9.64 Å². The number of ether oxygens (including phenoxy) is 1. The number of likely N-dealkylation sites (N-methyl/N-ethyl adjacent to an activating group) is 1. The molecule has 0 aliphatic carbocycles. The molecule has 6 heteroatoms. The van der Waals surface area contributed by atoms with Crippen LogP contribution < -0.4 is 0 Å². The van der Waals surface area contributed by atoms with Gasteiger partial charge in [-0.15, -0.1) is 0 Å². The molecule has 20 heavy (non-hydrogen) atoms. The van der Waals surface area contributed by atoms with Gasteiger partial charge in [-0.25, -0.2) is 4.79 Å². The fourth-order valence-corrected chi connectivity index (χ4v) is 3.89. The summed E-state index contributed by atoms with van der Waals surface area (Å²) in [6.07, 6.45) is 4.98. The first-order valence-electron chi connectivity index (χ1n) is 7.28. The van der Waals surface area contributed by atoms with Crippen LogP contribution >= 0.6 is 11.8 Å². The number of carbonyl (C=O) groups is 2. The molecule has 2 aliphatic heterocycles. The molecule has 0 bridgehead atoms. The second-order valence-corrected chi connectivity index (χ2v) is 5.98. The van der Waals surface area contributed by atoms with E-state index < -0.39 is 0 Å². The minimum absolute atomic E-state index is 0.0925. The maximum Gasteiger partial charge on any atom is 0.333 e. The average molecular weight is 298 g/mol. The van der Waals surface area contributed by atoms with Gasteiger partial charge in [-0.1, -0.05) is 18.2 Å². The monoisotopic (exact) mass is 298 g/mol. The standard InChI is InChI=1S/C14H22N2O3S/c1-3-16-11(10-12(17)19-4-2)20-14(13(16)18)15-8-6-5-7-9-15/h10,14H,3-9H2,1-2H3/b11-10-/t14-/m1/s1. The van der Waals surface area contributed by atoms with Crippen molar-refractivity contribution in [3.63, 3.8) is 0 Å². The summed E-state index contributed by atoms with van der Waals surface area (Å²) < 4.78 is 4.93. The minimum Gasteiger partial charge on any atom is -0.463 e. The van der Waals surface area contributed by atoms with Crippen LogP contribution in [-0.4, -0.2) is 53.3 Å². The van der Waals surface area contributed by atoms with Crippen LogP contribution in [0.1, 0.15) is 33.1 Å². The SMILES string of the molecule is CCOC(=O)/C=C1\S[C@@H](N2CCCCC2)C(=O)N1CC. The molecule has 0 spiro atoms. The number of piperidine rings is 1. The average Bonchev–Trinajstić information content (AvgIpc) is 2.76. The molecule has 0 N–H and O–H groups in total. The summed E-state index contributed by atoms with van der Waals surface area (Å²) >= 11 is 1.47. The Morgan fingerprint density at radius 3 is 2.65 bits per heavy atom. The highest BCUT2D eigenvalue weighted by Crippen LogP contribution is 2.37. The summed E-state index contributed by atoms with van der Waals surface area (Å²) in [6, 6.07) is 0. The predicted molar refractivity (Wildman–Crippen MR) is 78.9 cm³/mol. The second kappa shape index (κ2) is 7.13. The van der Waals surface area contributed by atoms with Gasteiger partial charge in [0.2, 0.25) is 0 Å². The molecule has 2 fully saturated rings. The van der Waals surface area contributed by atoms with E-state index in [0.29, 0.717) is 18.2 Å². The number of amides is 1. The molecule has 2 aliphatic rings. The lowest BCUT2D eigenvalue weighted by atomic mass is 10.1. The third kappa shape index (κ3) is 3.35. The predicted octanol–water partition coefficient (Wildman–Crippen LogP) is 1.80. The summed E-state index contributed by atoms with van der Waals surface area (Å²) in [4.78, 5) is 28.0. The van der Waals surface area contributed by atoms with Crippen molar-refractivity contribution in [2.75, 3.05) is 26.2 Å². The smallest absolute Gasteiger partial charge is 0.333 e. The van der Waals surface area contributed by atoms with Crippen LogP contribution in [0.3, 0.4) is 0 Å². The van der Waals surface area contributed by atoms with Crippen LogP contribution in [0, 0.1) is 0 Å². The van der Waals surface area contributed by atoms with E-state index in [1.165, 1.54) is 24.3 Å². The van der Waals surface area contributed by atoms with Gasteiger partial charge in [-0.2, -0.15) is 0 Å². The molecular formula is C14H22N2O3S. The third-order valence-corrected chi connectivity index (χ3v) is 4.84. The van der Waals surface area contributed by atoms with Gasteiger partial charge in [-0.05, 0) is 39.8 Å². The van der Waals surface area contributed by atoms with Crippen LogP contribution in [0.15, 0.2) is 11.1 Å². The van der Waals surface area contributed by atoms with Crippen LogP contribution in [0.4, 0.5) is 0 Å². The van der Waals surface area contributed by atoms with E-state index in [4.69, 9.17) is 4.74 Å². The summed E-state index contributed by atoms with van der Waals surface area (Å²) in [5.74, 6) is -0.282. The number of esters is 1. The van der Waals surface area contributed by atoms with Crippen molar-refractivity contribution in [3.8, 4) is 0 Å². The summed E-state index contributed by atoms with van der Waals surface area (Å²) in [7, 11) is 0. The Labute approximate surface area is 124 Å². The molecule has 0 radical (unpaired) electrons. The fourth-order valence-electron chi connectivity index (χ4n) is 2.56. The summed E-state index contributed by atoms with van der Waals surface area (Å²) in [5.41, 5.74) is 0. The van der Waals surface area contributed by atoms with E-state index >= 15 is 0 Å². The Morgan fingerprint density at radius 2 is 2.05 bits per heavy atom. The van der Waals surface area contributed by atoms with Gasteiger partial charge in [0.05, 0.1) is 17.7 Å². The van der Waals surface area contributed by atoms with Crippen LogP contribution in [0.2, 0.25) is 0 Å². The van der Waals surface area contributed by atoms with Gasteiger partial charge in [0.1, 0.15) is 5.37 Å². The Kier molecular flexibility index (Phi) is 5.48. The molecule has 0 aromatic carbocycles. The van der Waals surface area contributed by atoms with E-state index in [0.717, 1.165) is 25.9 Å². The van der Waals surface area contributed by atoms with E-state index in [-0.39, 0.29) is 17.3 Å². The van der Waals surface area contributed by atoms with Crippen molar-refractivity contribution in [2.24, 2.45) is 0 Å². The van der Waals surface area contributed by atoms with Crippen LogP contribution in [0.5, 0.6) is 0 Å². The number of hydrogen-bond acceptors (Lipinski definition) is 5. The second-order valence-electron chi connectivity index (χ2n) is 4.88. The van der Waals surface area contributed by atoms with Crippen LogP contribution in [0.25, 0.3) is 0 Å². The first-order valence-corrected chi connectivity index (χ1v) is 8.15. The van der Waals surface area contributed by atoms with Crippen molar-refractivity contribution in [2.45, 2.75) is 38.5 Å². The maximum atomic E-state index is 12.5. The molecule has 2 saturated heterocycles. The molecular weight excluding hydrogens is 276 g/mol. The Balaban J connectivity index is 2.10. The largest absolute Gasteiger partial charge is 0.463 e. The molecule has 2 rings (SSSR count). The zero-order valence-corrected chi connectivity index (χ0v) is 12.9. The van der Waals surface area contributed by atoms with Crippen molar-refractivity contribution < 1.29 is 14.3 Å². The third-order valence-electron chi connectivity index (χ3n) is 3.54. The molecule has 112 valence electrons. The zero-order chi connectivity index (χ0) is 14.5. The topological polar surface area (TPSA) is 49.9 Å². The van der Waals surface area contributed by atoms with Crippen molar-refractivity contribution in [3.05, 3.63) is 11.1 Å². The lowest BCUT2D eigenvalue weighted by Gasteiger charge is -2.29. The van der Waals surface area contributed by atoms with E-state index in [1.54, 1.807) is 11.8 Å². The van der Waals surface area contributed by atoms with E-state index in [2.05, 4.69) is 4.90 Å². The minimum atomic E-state index is -0.374. The quantitative estimate of drug-likeness (QED) is 0.585. The molecule has 0 aromatic heterocycles. The summed E-state index contributed by atoms with van der Waals surface area (Å²) in [5, 5.41) is 0.544. The number of nitrogens with zero attached hydrogens (tertiary/aromatic N) is 2. The first-order chi connectivity index (χ1) is 9.67. The summed E-state index contributed by atoms with van der Waals surface area (Å²) in [6.45, 7) is 6.57. The first kappa shape index (κ1) is 15.4.